The standard InChI is InChI=1S/C10H10BrN5O3S2/c1-5-3-7(11)4-12-8(5)16-21(18,19)10-15-14-9(20-10)13-6(2)17/h3-4H,1-2H3,(H,12,16)(H,13,14,17). The first-order valence-electron chi connectivity index (χ1n) is 5.54. The third kappa shape index (κ3) is 3.95. The van der Waals surface area contributed by atoms with Crippen molar-refractivity contribution >= 4 is 54.1 Å². The Morgan fingerprint density at radius 2 is 2.10 bits per heavy atom. The first kappa shape index (κ1) is 15.8. The fraction of sp³-hybridized carbons (Fsp3) is 0.200. The highest BCUT2D eigenvalue weighted by Crippen LogP contribution is 2.24. The van der Waals surface area contributed by atoms with Crippen LogP contribution in [-0.2, 0) is 14.8 Å². The molecule has 2 N–H and O–H groups in total. The highest BCUT2D eigenvalue weighted by Gasteiger charge is 2.22. The van der Waals surface area contributed by atoms with E-state index in [4.69, 9.17) is 0 Å². The summed E-state index contributed by atoms with van der Waals surface area (Å²) in [7, 11) is -3.90. The Morgan fingerprint density at radius 1 is 1.38 bits per heavy atom. The average molecular weight is 392 g/mol. The van der Waals surface area contributed by atoms with E-state index in [9.17, 15) is 13.2 Å². The molecule has 8 nitrogen and oxygen atoms in total. The summed E-state index contributed by atoms with van der Waals surface area (Å²) in [6, 6.07) is 1.73. The Hall–Kier alpha value is -1.59. The van der Waals surface area contributed by atoms with E-state index in [1.54, 1.807) is 13.0 Å². The largest absolute Gasteiger partial charge is 0.301 e. The topological polar surface area (TPSA) is 114 Å². The van der Waals surface area contributed by atoms with Gasteiger partial charge in [0, 0.05) is 17.6 Å². The molecule has 0 aliphatic heterocycles. The normalized spacial score (nSPS) is 11.2. The van der Waals surface area contributed by atoms with E-state index < -0.39 is 10.0 Å². The van der Waals surface area contributed by atoms with Crippen LogP contribution < -0.4 is 10.0 Å². The van der Waals surface area contributed by atoms with Gasteiger partial charge in [0.2, 0.25) is 11.0 Å². The van der Waals surface area contributed by atoms with Crippen molar-refractivity contribution in [2.45, 2.75) is 18.2 Å². The zero-order valence-electron chi connectivity index (χ0n) is 10.9. The van der Waals surface area contributed by atoms with Gasteiger partial charge in [0.15, 0.2) is 0 Å². The van der Waals surface area contributed by atoms with Gasteiger partial charge < -0.3 is 5.32 Å². The molecule has 0 atom stereocenters. The van der Waals surface area contributed by atoms with Crippen molar-refractivity contribution < 1.29 is 13.2 Å². The van der Waals surface area contributed by atoms with Crippen LogP contribution in [0.1, 0.15) is 12.5 Å². The maximum atomic E-state index is 12.2. The summed E-state index contributed by atoms with van der Waals surface area (Å²) in [5, 5.41) is 9.63. The van der Waals surface area contributed by atoms with Crippen LogP contribution in [0.4, 0.5) is 10.9 Å². The summed E-state index contributed by atoms with van der Waals surface area (Å²) in [5.74, 6) is -0.150. The Balaban J connectivity index is 2.25. The monoisotopic (exact) mass is 391 g/mol. The molecule has 0 bridgehead atoms. The molecule has 0 unspecified atom stereocenters. The maximum Gasteiger partial charge on any atom is 0.292 e. The Bertz CT molecular complexity index is 790. The van der Waals surface area contributed by atoms with Gasteiger partial charge in [-0.25, -0.2) is 4.98 Å². The van der Waals surface area contributed by atoms with Gasteiger partial charge in [0.05, 0.1) is 0 Å². The van der Waals surface area contributed by atoms with Gasteiger partial charge in [-0.15, -0.1) is 10.2 Å². The summed E-state index contributed by atoms with van der Waals surface area (Å²) in [4.78, 5) is 14.9. The lowest BCUT2D eigenvalue weighted by Crippen LogP contribution is -2.14. The number of hydrogen-bond acceptors (Lipinski definition) is 7. The zero-order valence-corrected chi connectivity index (χ0v) is 14.1. The van der Waals surface area contributed by atoms with Crippen molar-refractivity contribution in [2.24, 2.45) is 0 Å². The van der Waals surface area contributed by atoms with Crippen molar-refractivity contribution in [1.82, 2.24) is 15.2 Å². The van der Waals surface area contributed by atoms with Crippen LogP contribution in [0.25, 0.3) is 0 Å². The number of carbonyl (C=O) groups excluding carboxylic acids is 1. The molecule has 2 heterocycles. The van der Waals surface area contributed by atoms with E-state index in [-0.39, 0.29) is 21.2 Å². The van der Waals surface area contributed by atoms with Gasteiger partial charge in [-0.2, -0.15) is 8.42 Å². The molecule has 0 fully saturated rings. The second kappa shape index (κ2) is 6.03. The molecule has 0 aliphatic rings. The fourth-order valence-electron chi connectivity index (χ4n) is 1.34. The van der Waals surface area contributed by atoms with Crippen molar-refractivity contribution in [1.29, 1.82) is 0 Å². The molecule has 112 valence electrons. The van der Waals surface area contributed by atoms with Gasteiger partial charge in [-0.05, 0) is 34.5 Å². The van der Waals surface area contributed by atoms with E-state index in [1.807, 2.05) is 0 Å². The summed E-state index contributed by atoms with van der Waals surface area (Å²) < 4.78 is 27.2. The molecular weight excluding hydrogens is 382 g/mol. The lowest BCUT2D eigenvalue weighted by molar-refractivity contribution is -0.114. The molecule has 1 amide bonds. The van der Waals surface area contributed by atoms with E-state index in [1.165, 1.54) is 13.1 Å². The predicted molar refractivity (Wildman–Crippen MR) is 81.7 cm³/mol. The van der Waals surface area contributed by atoms with Gasteiger partial charge in [-0.3, -0.25) is 9.52 Å². The van der Waals surface area contributed by atoms with Crippen molar-refractivity contribution in [2.75, 3.05) is 10.0 Å². The van der Waals surface area contributed by atoms with Crippen LogP contribution >= 0.6 is 27.3 Å². The van der Waals surface area contributed by atoms with Crippen LogP contribution in [-0.4, -0.2) is 29.5 Å². The third-order valence-corrected chi connectivity index (χ3v) is 5.17. The number of amides is 1. The summed E-state index contributed by atoms with van der Waals surface area (Å²) in [6.07, 6.45) is 1.48. The van der Waals surface area contributed by atoms with Gasteiger partial charge in [0.1, 0.15) is 5.82 Å². The molecule has 0 saturated carbocycles. The van der Waals surface area contributed by atoms with Crippen LogP contribution in [0, 0.1) is 6.92 Å². The number of aryl methyl sites for hydroxylation is 1. The lowest BCUT2D eigenvalue weighted by Gasteiger charge is -2.07. The van der Waals surface area contributed by atoms with Gasteiger partial charge in [0.25, 0.3) is 14.4 Å². The van der Waals surface area contributed by atoms with Crippen LogP contribution in [0.2, 0.25) is 0 Å². The molecule has 11 heteroatoms. The first-order valence-corrected chi connectivity index (χ1v) is 8.63. The fourth-order valence-corrected chi connectivity index (χ4v) is 3.81. The molecule has 0 saturated heterocycles. The SMILES string of the molecule is CC(=O)Nc1nnc(S(=O)(=O)Nc2ncc(Br)cc2C)s1. The number of nitrogens with one attached hydrogen (secondary N) is 2. The molecule has 2 aromatic rings. The zero-order chi connectivity index (χ0) is 15.6. The van der Waals surface area contributed by atoms with Gasteiger partial charge >= 0.3 is 0 Å². The van der Waals surface area contributed by atoms with Crippen LogP contribution in [0.3, 0.4) is 0 Å². The molecule has 0 aliphatic carbocycles. The summed E-state index contributed by atoms with van der Waals surface area (Å²) in [6.45, 7) is 3.02. The number of anilines is 2. The maximum absolute atomic E-state index is 12.2. The lowest BCUT2D eigenvalue weighted by atomic mass is 10.3. The highest BCUT2D eigenvalue weighted by molar-refractivity contribution is 9.10. The minimum absolute atomic E-state index is 0.114. The van der Waals surface area contributed by atoms with E-state index >= 15 is 0 Å². The third-order valence-electron chi connectivity index (χ3n) is 2.20. The molecule has 21 heavy (non-hydrogen) atoms. The van der Waals surface area contributed by atoms with Crippen LogP contribution in [0.15, 0.2) is 21.1 Å². The number of carbonyl (C=O) groups is 1. The number of nitrogens with zero attached hydrogens (tertiary/aromatic N) is 3. The number of aromatic nitrogens is 3. The minimum Gasteiger partial charge on any atom is -0.301 e. The van der Waals surface area contributed by atoms with E-state index in [2.05, 4.69) is 41.2 Å². The van der Waals surface area contributed by atoms with Crippen molar-refractivity contribution in [3.05, 3.63) is 22.3 Å². The van der Waals surface area contributed by atoms with Crippen molar-refractivity contribution in [3.8, 4) is 0 Å². The molecule has 2 rings (SSSR count). The second-order valence-corrected chi connectivity index (χ2v) is 7.73. The van der Waals surface area contributed by atoms with Crippen LogP contribution in [0.5, 0.6) is 0 Å². The first-order chi connectivity index (χ1) is 9.78. The smallest absolute Gasteiger partial charge is 0.292 e. The Kier molecular flexibility index (Phi) is 4.54. The molecule has 0 spiro atoms. The Labute approximate surface area is 133 Å². The molecular formula is C10H10BrN5O3S2. The molecule has 2 aromatic heterocycles. The Morgan fingerprint density at radius 3 is 2.71 bits per heavy atom. The number of halogens is 1. The van der Waals surface area contributed by atoms with E-state index in [0.29, 0.717) is 5.56 Å². The number of pyridine rings is 1. The number of hydrogen-bond donors (Lipinski definition) is 2. The van der Waals surface area contributed by atoms with E-state index in [0.717, 1.165) is 15.8 Å². The van der Waals surface area contributed by atoms with Crippen molar-refractivity contribution in [3.63, 3.8) is 0 Å². The second-order valence-electron chi connectivity index (χ2n) is 3.98. The molecule has 0 aromatic carbocycles. The molecule has 0 radical (unpaired) electrons. The summed E-state index contributed by atoms with van der Waals surface area (Å²) >= 11 is 4.00. The minimum atomic E-state index is -3.90. The predicted octanol–water partition coefficient (Wildman–Crippen LogP) is 1.76. The summed E-state index contributed by atoms with van der Waals surface area (Å²) in [5.41, 5.74) is 0.652. The number of sulfonamides is 1. The quantitative estimate of drug-likeness (QED) is 0.767. The number of rotatable bonds is 4. The average Bonchev–Trinajstić information content (AvgIpc) is 2.81. The van der Waals surface area contributed by atoms with Gasteiger partial charge in [-0.1, -0.05) is 11.3 Å². The highest BCUT2D eigenvalue weighted by atomic mass is 79.9.